The second-order valence-corrected chi connectivity index (χ2v) is 4.95. The Bertz CT molecular complexity index is 248. The molecule has 0 bridgehead atoms. The fourth-order valence-corrected chi connectivity index (χ4v) is 2.06. The number of methoxy groups -OCH3 is 2. The van der Waals surface area contributed by atoms with Crippen LogP contribution in [-0.4, -0.2) is 101 Å². The first-order chi connectivity index (χ1) is 9.17. The maximum Gasteiger partial charge on any atom is 0.236 e. The van der Waals surface area contributed by atoms with Gasteiger partial charge in [0.2, 0.25) is 5.91 Å². The van der Waals surface area contributed by atoms with Crippen LogP contribution in [0.5, 0.6) is 0 Å². The highest BCUT2D eigenvalue weighted by Gasteiger charge is 2.20. The van der Waals surface area contributed by atoms with Gasteiger partial charge in [-0.05, 0) is 7.05 Å². The number of amides is 1. The summed E-state index contributed by atoms with van der Waals surface area (Å²) in [4.78, 5) is 18.6. The van der Waals surface area contributed by atoms with Gasteiger partial charge in [0.15, 0.2) is 0 Å². The van der Waals surface area contributed by atoms with Crippen molar-refractivity contribution in [2.75, 3.05) is 80.3 Å². The number of hydrogen-bond acceptors (Lipinski definition) is 5. The number of hydrogen-bond donors (Lipinski definition) is 0. The van der Waals surface area contributed by atoms with E-state index in [4.69, 9.17) is 9.47 Å². The van der Waals surface area contributed by atoms with Crippen LogP contribution < -0.4 is 0 Å². The molecule has 1 aliphatic heterocycles. The number of likely N-dealkylation sites (N-methyl/N-ethyl adjacent to an activating group) is 1. The number of ether oxygens (including phenoxy) is 2. The predicted octanol–water partition coefficient (Wildman–Crippen LogP) is -0.645. The van der Waals surface area contributed by atoms with E-state index in [1.807, 2.05) is 4.90 Å². The number of piperazine rings is 1. The van der Waals surface area contributed by atoms with Crippen LogP contribution in [-0.2, 0) is 14.3 Å². The Kier molecular flexibility index (Phi) is 7.97. The van der Waals surface area contributed by atoms with Crippen molar-refractivity contribution in [3.63, 3.8) is 0 Å². The molecule has 1 fully saturated rings. The lowest BCUT2D eigenvalue weighted by Gasteiger charge is -2.33. The van der Waals surface area contributed by atoms with Gasteiger partial charge < -0.3 is 19.3 Å². The minimum Gasteiger partial charge on any atom is -0.383 e. The van der Waals surface area contributed by atoms with E-state index >= 15 is 0 Å². The fraction of sp³-hybridized carbons (Fsp3) is 0.923. The number of carbonyl (C=O) groups is 1. The topological polar surface area (TPSA) is 45.3 Å². The van der Waals surface area contributed by atoms with Crippen LogP contribution in [0.15, 0.2) is 0 Å². The van der Waals surface area contributed by atoms with Gasteiger partial charge in [-0.2, -0.15) is 0 Å². The summed E-state index contributed by atoms with van der Waals surface area (Å²) in [6.07, 6.45) is 0. The lowest BCUT2D eigenvalue weighted by Crippen LogP contribution is -2.49. The highest BCUT2D eigenvalue weighted by atomic mass is 16.5. The first kappa shape index (κ1) is 16.4. The SMILES string of the molecule is COCCN(CCOC)C(=O)CN1CCN(C)CC1. The summed E-state index contributed by atoms with van der Waals surface area (Å²) >= 11 is 0. The van der Waals surface area contributed by atoms with E-state index in [1.54, 1.807) is 14.2 Å². The maximum atomic E-state index is 12.3. The van der Waals surface area contributed by atoms with Crippen molar-refractivity contribution in [2.45, 2.75) is 0 Å². The quantitative estimate of drug-likeness (QED) is 0.588. The molecule has 6 nitrogen and oxygen atoms in total. The molecular formula is C13H27N3O3. The molecule has 6 heteroatoms. The molecule has 0 aromatic carbocycles. The van der Waals surface area contributed by atoms with Crippen molar-refractivity contribution in [1.29, 1.82) is 0 Å². The first-order valence-electron chi connectivity index (χ1n) is 6.84. The molecule has 0 radical (unpaired) electrons. The van der Waals surface area contributed by atoms with E-state index in [2.05, 4.69) is 16.8 Å². The Morgan fingerprint density at radius 2 is 1.58 bits per heavy atom. The minimum absolute atomic E-state index is 0.165. The van der Waals surface area contributed by atoms with Gasteiger partial charge in [-0.25, -0.2) is 0 Å². The molecule has 1 saturated heterocycles. The zero-order chi connectivity index (χ0) is 14.1. The lowest BCUT2D eigenvalue weighted by molar-refractivity contribution is -0.134. The Balaban J connectivity index is 2.36. The maximum absolute atomic E-state index is 12.3. The van der Waals surface area contributed by atoms with Crippen molar-refractivity contribution in [3.05, 3.63) is 0 Å². The molecule has 1 amide bonds. The molecule has 0 aromatic rings. The zero-order valence-electron chi connectivity index (χ0n) is 12.4. The summed E-state index contributed by atoms with van der Waals surface area (Å²) in [7, 11) is 5.42. The Morgan fingerprint density at radius 1 is 1.05 bits per heavy atom. The molecule has 0 N–H and O–H groups in total. The molecule has 1 aliphatic rings. The van der Waals surface area contributed by atoms with E-state index in [-0.39, 0.29) is 5.91 Å². The molecule has 0 atom stereocenters. The van der Waals surface area contributed by atoms with Gasteiger partial charge in [0.25, 0.3) is 0 Å². The summed E-state index contributed by atoms with van der Waals surface area (Å²) < 4.78 is 10.1. The summed E-state index contributed by atoms with van der Waals surface area (Å²) in [5, 5.41) is 0. The van der Waals surface area contributed by atoms with Crippen LogP contribution in [0.3, 0.4) is 0 Å². The molecule has 19 heavy (non-hydrogen) atoms. The van der Waals surface area contributed by atoms with Crippen LogP contribution in [0.4, 0.5) is 0 Å². The van der Waals surface area contributed by atoms with Crippen LogP contribution in [0, 0.1) is 0 Å². The Labute approximate surface area is 116 Å². The van der Waals surface area contributed by atoms with Crippen LogP contribution >= 0.6 is 0 Å². The summed E-state index contributed by atoms with van der Waals surface area (Å²) in [6, 6.07) is 0. The van der Waals surface area contributed by atoms with Crippen LogP contribution in [0.1, 0.15) is 0 Å². The van der Waals surface area contributed by atoms with Gasteiger partial charge in [0, 0.05) is 53.5 Å². The molecule has 1 rings (SSSR count). The third kappa shape index (κ3) is 6.33. The summed E-state index contributed by atoms with van der Waals surface area (Å²) in [6.45, 7) is 6.89. The van der Waals surface area contributed by atoms with E-state index in [1.165, 1.54) is 0 Å². The highest BCUT2D eigenvalue weighted by molar-refractivity contribution is 5.78. The van der Waals surface area contributed by atoms with Crippen molar-refractivity contribution in [1.82, 2.24) is 14.7 Å². The van der Waals surface area contributed by atoms with Crippen LogP contribution in [0.25, 0.3) is 0 Å². The lowest BCUT2D eigenvalue weighted by atomic mass is 10.3. The molecule has 112 valence electrons. The smallest absolute Gasteiger partial charge is 0.236 e. The predicted molar refractivity (Wildman–Crippen MR) is 74.3 cm³/mol. The Morgan fingerprint density at radius 3 is 2.05 bits per heavy atom. The van der Waals surface area contributed by atoms with E-state index < -0.39 is 0 Å². The monoisotopic (exact) mass is 273 g/mol. The molecule has 0 aromatic heterocycles. The minimum atomic E-state index is 0.165. The van der Waals surface area contributed by atoms with Gasteiger partial charge in [0.05, 0.1) is 19.8 Å². The van der Waals surface area contributed by atoms with E-state index in [0.29, 0.717) is 32.8 Å². The highest BCUT2D eigenvalue weighted by Crippen LogP contribution is 2.01. The fourth-order valence-electron chi connectivity index (χ4n) is 2.06. The largest absolute Gasteiger partial charge is 0.383 e. The standard InChI is InChI=1S/C13H27N3O3/c1-14-4-6-15(7-5-14)12-13(17)16(8-10-18-2)9-11-19-3/h4-12H2,1-3H3. The third-order valence-electron chi connectivity index (χ3n) is 3.44. The second-order valence-electron chi connectivity index (χ2n) is 4.95. The molecule has 1 heterocycles. The first-order valence-corrected chi connectivity index (χ1v) is 6.84. The van der Waals surface area contributed by atoms with Gasteiger partial charge in [-0.3, -0.25) is 9.69 Å². The van der Waals surface area contributed by atoms with Crippen molar-refractivity contribution in [3.8, 4) is 0 Å². The molecule has 0 aliphatic carbocycles. The Hall–Kier alpha value is -0.690. The van der Waals surface area contributed by atoms with Gasteiger partial charge in [-0.15, -0.1) is 0 Å². The normalized spacial score (nSPS) is 17.6. The number of nitrogens with zero attached hydrogens (tertiary/aromatic N) is 3. The zero-order valence-corrected chi connectivity index (χ0v) is 12.4. The van der Waals surface area contributed by atoms with Crippen molar-refractivity contribution in [2.24, 2.45) is 0 Å². The molecule has 0 spiro atoms. The third-order valence-corrected chi connectivity index (χ3v) is 3.44. The molecule has 0 unspecified atom stereocenters. The average molecular weight is 273 g/mol. The van der Waals surface area contributed by atoms with Crippen molar-refractivity contribution < 1.29 is 14.3 Å². The molecular weight excluding hydrogens is 246 g/mol. The number of rotatable bonds is 8. The van der Waals surface area contributed by atoms with Gasteiger partial charge in [0.1, 0.15) is 0 Å². The van der Waals surface area contributed by atoms with Gasteiger partial charge >= 0.3 is 0 Å². The molecule has 0 saturated carbocycles. The van der Waals surface area contributed by atoms with E-state index in [0.717, 1.165) is 26.2 Å². The van der Waals surface area contributed by atoms with E-state index in [9.17, 15) is 4.79 Å². The van der Waals surface area contributed by atoms with Gasteiger partial charge in [-0.1, -0.05) is 0 Å². The summed E-state index contributed by atoms with van der Waals surface area (Å²) in [5.74, 6) is 0.165. The van der Waals surface area contributed by atoms with Crippen LogP contribution in [0.2, 0.25) is 0 Å². The van der Waals surface area contributed by atoms with Crippen molar-refractivity contribution >= 4 is 5.91 Å². The second kappa shape index (κ2) is 9.25. The number of carbonyl (C=O) groups excluding carboxylic acids is 1. The average Bonchev–Trinajstić information content (AvgIpc) is 2.41. The summed E-state index contributed by atoms with van der Waals surface area (Å²) in [5.41, 5.74) is 0.